The maximum absolute atomic E-state index is 13.7. The summed E-state index contributed by atoms with van der Waals surface area (Å²) in [5.41, 5.74) is 1.30. The third-order valence-corrected chi connectivity index (χ3v) is 4.67. The Morgan fingerprint density at radius 2 is 1.96 bits per heavy atom. The first-order chi connectivity index (χ1) is 11.0. The van der Waals surface area contributed by atoms with Crippen LogP contribution in [0.4, 0.5) is 10.2 Å². The lowest BCUT2D eigenvalue weighted by Gasteiger charge is -2.19. The predicted octanol–water partition coefficient (Wildman–Crippen LogP) is 6.01. The molecule has 0 radical (unpaired) electrons. The van der Waals surface area contributed by atoms with E-state index in [1.54, 1.807) is 0 Å². The van der Waals surface area contributed by atoms with Gasteiger partial charge in [0.2, 0.25) is 0 Å². The van der Waals surface area contributed by atoms with Crippen LogP contribution in [0.5, 0.6) is 0 Å². The van der Waals surface area contributed by atoms with Crippen LogP contribution in [0.25, 0.3) is 10.9 Å². The molecule has 0 saturated carbocycles. The van der Waals surface area contributed by atoms with Crippen molar-refractivity contribution < 1.29 is 4.39 Å². The summed E-state index contributed by atoms with van der Waals surface area (Å²) >= 11 is 15.7. The van der Waals surface area contributed by atoms with Crippen LogP contribution < -0.4 is 5.32 Å². The van der Waals surface area contributed by atoms with Crippen LogP contribution in [0.3, 0.4) is 0 Å². The summed E-state index contributed by atoms with van der Waals surface area (Å²) in [5.74, 6) is 0.121. The highest BCUT2D eigenvalue weighted by Crippen LogP contribution is 2.35. The van der Waals surface area contributed by atoms with Gasteiger partial charge in [-0.15, -0.1) is 0 Å². The number of hydrogen-bond donors (Lipinski definition) is 1. The summed E-state index contributed by atoms with van der Waals surface area (Å²) in [6.45, 7) is 1.85. The highest BCUT2D eigenvalue weighted by atomic mass is 79.9. The van der Waals surface area contributed by atoms with Crippen molar-refractivity contribution in [1.29, 1.82) is 0 Å². The van der Waals surface area contributed by atoms with Gasteiger partial charge >= 0.3 is 0 Å². The molecule has 23 heavy (non-hydrogen) atoms. The van der Waals surface area contributed by atoms with Crippen molar-refractivity contribution in [3.8, 4) is 0 Å². The second-order valence-corrected chi connectivity index (χ2v) is 6.71. The summed E-state index contributed by atoms with van der Waals surface area (Å²) in [7, 11) is 0. The normalized spacial score (nSPS) is 12.4. The fourth-order valence-corrected chi connectivity index (χ4v) is 3.42. The molecule has 1 N–H and O–H groups in total. The van der Waals surface area contributed by atoms with Gasteiger partial charge in [0.15, 0.2) is 0 Å². The van der Waals surface area contributed by atoms with Crippen LogP contribution in [0.2, 0.25) is 10.0 Å². The van der Waals surface area contributed by atoms with Gasteiger partial charge in [-0.05, 0) is 37.3 Å². The lowest BCUT2D eigenvalue weighted by atomic mass is 10.1. The first-order valence-corrected chi connectivity index (χ1v) is 8.32. The van der Waals surface area contributed by atoms with E-state index < -0.39 is 5.82 Å². The molecule has 0 saturated heterocycles. The van der Waals surface area contributed by atoms with E-state index in [1.807, 2.05) is 25.1 Å². The third-order valence-electron chi connectivity index (χ3n) is 3.46. The number of nitrogens with zero attached hydrogens (tertiary/aromatic N) is 2. The van der Waals surface area contributed by atoms with Crippen molar-refractivity contribution in [2.75, 3.05) is 5.32 Å². The molecule has 7 heteroatoms. The molecule has 0 amide bonds. The highest BCUT2D eigenvalue weighted by molar-refractivity contribution is 9.10. The molecule has 0 fully saturated rings. The Morgan fingerprint density at radius 3 is 2.74 bits per heavy atom. The molecule has 0 aliphatic heterocycles. The first kappa shape index (κ1) is 16.4. The number of hydrogen-bond acceptors (Lipinski definition) is 3. The van der Waals surface area contributed by atoms with E-state index in [1.165, 1.54) is 18.5 Å². The molecule has 0 bridgehead atoms. The molecule has 1 aromatic heterocycles. The van der Waals surface area contributed by atoms with Crippen molar-refractivity contribution in [2.45, 2.75) is 13.0 Å². The van der Waals surface area contributed by atoms with Crippen molar-refractivity contribution in [1.82, 2.24) is 9.97 Å². The van der Waals surface area contributed by atoms with Gasteiger partial charge in [0, 0.05) is 20.4 Å². The van der Waals surface area contributed by atoms with Crippen molar-refractivity contribution in [2.24, 2.45) is 0 Å². The minimum atomic E-state index is -0.505. The van der Waals surface area contributed by atoms with Gasteiger partial charge < -0.3 is 5.32 Å². The zero-order valence-corrected chi connectivity index (χ0v) is 15.0. The lowest BCUT2D eigenvalue weighted by Crippen LogP contribution is -2.10. The molecule has 2 aromatic carbocycles. The fourth-order valence-electron chi connectivity index (χ4n) is 2.36. The molecule has 0 aliphatic rings. The molecule has 3 aromatic rings. The molecule has 1 heterocycles. The maximum Gasteiger partial charge on any atom is 0.142 e. The zero-order chi connectivity index (χ0) is 16.6. The number of anilines is 1. The van der Waals surface area contributed by atoms with E-state index in [4.69, 9.17) is 23.2 Å². The molecule has 0 spiro atoms. The SMILES string of the molecule is CC(Nc1ncnc2ccc(Br)cc12)c1c(Cl)ccc(F)c1Cl. The smallest absolute Gasteiger partial charge is 0.142 e. The predicted molar refractivity (Wildman–Crippen MR) is 95.7 cm³/mol. The van der Waals surface area contributed by atoms with E-state index in [0.29, 0.717) is 16.4 Å². The molecule has 3 rings (SSSR count). The summed E-state index contributed by atoms with van der Waals surface area (Å²) in [6.07, 6.45) is 1.47. The monoisotopic (exact) mass is 413 g/mol. The van der Waals surface area contributed by atoms with Gasteiger partial charge in [0.1, 0.15) is 18.0 Å². The van der Waals surface area contributed by atoms with Gasteiger partial charge in [-0.3, -0.25) is 0 Å². The van der Waals surface area contributed by atoms with E-state index in [9.17, 15) is 4.39 Å². The molecular weight excluding hydrogens is 404 g/mol. The van der Waals surface area contributed by atoms with Gasteiger partial charge in [0.05, 0.1) is 16.6 Å². The molecule has 1 unspecified atom stereocenters. The zero-order valence-electron chi connectivity index (χ0n) is 11.9. The Balaban J connectivity index is 2.03. The van der Waals surface area contributed by atoms with Crippen LogP contribution in [-0.2, 0) is 0 Å². The standard InChI is InChI=1S/C16H11BrCl2FN3/c1-8(14-11(18)3-4-12(20)15(14)19)23-16-10-6-9(17)2-5-13(10)21-7-22-16/h2-8H,1H3,(H,21,22,23). The van der Waals surface area contributed by atoms with E-state index in [-0.39, 0.29) is 11.1 Å². The molecule has 1 atom stereocenters. The maximum atomic E-state index is 13.7. The van der Waals surface area contributed by atoms with Gasteiger partial charge in [0.25, 0.3) is 0 Å². The topological polar surface area (TPSA) is 37.8 Å². The summed E-state index contributed by atoms with van der Waals surface area (Å²) in [5, 5.41) is 4.48. The molecule has 118 valence electrons. The van der Waals surface area contributed by atoms with Crippen LogP contribution in [-0.4, -0.2) is 9.97 Å². The minimum absolute atomic E-state index is 0.0112. The van der Waals surface area contributed by atoms with Crippen LogP contribution >= 0.6 is 39.1 Å². The number of rotatable bonds is 3. The number of halogens is 4. The Kier molecular flexibility index (Phi) is 4.71. The first-order valence-electron chi connectivity index (χ1n) is 6.77. The second-order valence-electron chi connectivity index (χ2n) is 5.01. The average molecular weight is 415 g/mol. The Labute approximate surface area is 151 Å². The van der Waals surface area contributed by atoms with Crippen molar-refractivity contribution >= 4 is 55.9 Å². The molecule has 3 nitrogen and oxygen atoms in total. The van der Waals surface area contributed by atoms with E-state index >= 15 is 0 Å². The third kappa shape index (κ3) is 3.27. The Morgan fingerprint density at radius 1 is 1.17 bits per heavy atom. The number of fused-ring (bicyclic) bond motifs is 1. The molecular formula is C16H11BrCl2FN3. The Bertz CT molecular complexity index is 889. The second kappa shape index (κ2) is 6.59. The number of benzene rings is 2. The number of aromatic nitrogens is 2. The average Bonchev–Trinajstić information content (AvgIpc) is 2.52. The highest BCUT2D eigenvalue weighted by Gasteiger charge is 2.18. The Hall–Kier alpha value is -1.43. The molecule has 0 aliphatic carbocycles. The van der Waals surface area contributed by atoms with Gasteiger partial charge in [-0.25, -0.2) is 14.4 Å². The van der Waals surface area contributed by atoms with Crippen molar-refractivity contribution in [3.63, 3.8) is 0 Å². The van der Waals surface area contributed by atoms with E-state index in [0.717, 1.165) is 15.4 Å². The van der Waals surface area contributed by atoms with Gasteiger partial charge in [-0.1, -0.05) is 39.1 Å². The quantitative estimate of drug-likeness (QED) is 0.533. The number of nitrogens with one attached hydrogen (secondary N) is 1. The van der Waals surface area contributed by atoms with Crippen molar-refractivity contribution in [3.05, 3.63) is 62.6 Å². The van der Waals surface area contributed by atoms with Crippen LogP contribution in [0.15, 0.2) is 41.1 Å². The minimum Gasteiger partial charge on any atom is -0.363 e. The summed E-state index contributed by atoms with van der Waals surface area (Å²) < 4.78 is 14.6. The van der Waals surface area contributed by atoms with E-state index in [2.05, 4.69) is 31.2 Å². The van der Waals surface area contributed by atoms with Crippen LogP contribution in [0.1, 0.15) is 18.5 Å². The van der Waals surface area contributed by atoms with Crippen LogP contribution in [0, 0.1) is 5.82 Å². The summed E-state index contributed by atoms with van der Waals surface area (Å²) in [6, 6.07) is 8.12. The van der Waals surface area contributed by atoms with Gasteiger partial charge in [-0.2, -0.15) is 0 Å². The fraction of sp³-hybridized carbons (Fsp3) is 0.125. The largest absolute Gasteiger partial charge is 0.363 e. The lowest BCUT2D eigenvalue weighted by molar-refractivity contribution is 0.624. The summed E-state index contributed by atoms with van der Waals surface area (Å²) in [4.78, 5) is 8.50.